The summed E-state index contributed by atoms with van der Waals surface area (Å²) >= 11 is 0. The summed E-state index contributed by atoms with van der Waals surface area (Å²) in [6.07, 6.45) is -2.35. The monoisotopic (exact) mass is 183 g/mol. The van der Waals surface area contributed by atoms with Crippen molar-refractivity contribution in [2.75, 3.05) is 6.54 Å². The molecule has 1 nitrogen and oxygen atoms in total. The van der Waals surface area contributed by atoms with E-state index in [4.69, 9.17) is 5.73 Å². The third-order valence-corrected chi connectivity index (χ3v) is 1.88. The van der Waals surface area contributed by atoms with E-state index in [0.29, 0.717) is 6.42 Å². The van der Waals surface area contributed by atoms with Gasteiger partial charge in [0.2, 0.25) is 0 Å². The van der Waals surface area contributed by atoms with Gasteiger partial charge in [-0.3, -0.25) is 0 Å². The van der Waals surface area contributed by atoms with Gasteiger partial charge in [0.05, 0.1) is 5.92 Å². The predicted molar refractivity (Wildman–Crippen MR) is 42.7 cm³/mol. The predicted octanol–water partition coefficient (Wildman–Crippen LogP) is 2.70. The summed E-state index contributed by atoms with van der Waals surface area (Å²) in [5.41, 5.74) is 5.10. The zero-order valence-electron chi connectivity index (χ0n) is 7.32. The smallest absolute Gasteiger partial charge is 0.330 e. The average Bonchev–Trinajstić information content (AvgIpc) is 1.95. The summed E-state index contributed by atoms with van der Waals surface area (Å²) in [7, 11) is 0. The lowest BCUT2D eigenvalue weighted by molar-refractivity contribution is -0.177. The topological polar surface area (TPSA) is 26.0 Å². The van der Waals surface area contributed by atoms with Gasteiger partial charge in [0.1, 0.15) is 0 Å². The Morgan fingerprint density at radius 2 is 1.83 bits per heavy atom. The molecule has 0 aromatic heterocycles. The van der Waals surface area contributed by atoms with Gasteiger partial charge in [0.25, 0.3) is 0 Å². The van der Waals surface area contributed by atoms with Gasteiger partial charge < -0.3 is 5.73 Å². The first-order valence-electron chi connectivity index (χ1n) is 4.29. The Hall–Kier alpha value is -0.250. The number of halogens is 3. The van der Waals surface area contributed by atoms with E-state index in [1.54, 1.807) is 0 Å². The van der Waals surface area contributed by atoms with Crippen molar-refractivity contribution in [3.8, 4) is 0 Å². The Morgan fingerprint density at radius 1 is 1.25 bits per heavy atom. The van der Waals surface area contributed by atoms with Crippen LogP contribution in [0.1, 0.15) is 32.6 Å². The van der Waals surface area contributed by atoms with Crippen LogP contribution in [-0.2, 0) is 0 Å². The number of alkyl halides is 3. The Kier molecular flexibility index (Phi) is 5.29. The van der Waals surface area contributed by atoms with Gasteiger partial charge in [-0.1, -0.05) is 19.8 Å². The van der Waals surface area contributed by atoms with Gasteiger partial charge in [-0.2, -0.15) is 13.2 Å². The second-order valence-corrected chi connectivity index (χ2v) is 2.96. The molecular weight excluding hydrogens is 167 g/mol. The first-order valence-corrected chi connectivity index (χ1v) is 4.29. The molecule has 0 rings (SSSR count). The van der Waals surface area contributed by atoms with Crippen molar-refractivity contribution in [1.82, 2.24) is 0 Å². The molecule has 0 amide bonds. The van der Waals surface area contributed by atoms with Crippen LogP contribution in [0.25, 0.3) is 0 Å². The first-order chi connectivity index (χ1) is 5.52. The van der Waals surface area contributed by atoms with Crippen LogP contribution in [0.2, 0.25) is 0 Å². The molecule has 2 N–H and O–H groups in total. The van der Waals surface area contributed by atoms with Crippen LogP contribution in [-0.4, -0.2) is 12.7 Å². The number of unbranched alkanes of at least 4 members (excludes halogenated alkanes) is 1. The highest BCUT2D eigenvalue weighted by atomic mass is 19.4. The van der Waals surface area contributed by atoms with Crippen molar-refractivity contribution in [2.24, 2.45) is 11.7 Å². The van der Waals surface area contributed by atoms with E-state index in [9.17, 15) is 13.2 Å². The Balaban J connectivity index is 3.86. The normalized spacial score (nSPS) is 14.8. The highest BCUT2D eigenvalue weighted by molar-refractivity contribution is 4.67. The second kappa shape index (κ2) is 5.41. The molecule has 0 fully saturated rings. The van der Waals surface area contributed by atoms with Crippen molar-refractivity contribution < 1.29 is 13.2 Å². The summed E-state index contributed by atoms with van der Waals surface area (Å²) in [5, 5.41) is 0. The van der Waals surface area contributed by atoms with E-state index >= 15 is 0 Å². The van der Waals surface area contributed by atoms with E-state index in [-0.39, 0.29) is 19.4 Å². The average molecular weight is 183 g/mol. The molecule has 0 aliphatic heterocycles. The molecule has 1 unspecified atom stereocenters. The van der Waals surface area contributed by atoms with Gasteiger partial charge in [-0.05, 0) is 19.4 Å². The first kappa shape index (κ1) is 11.8. The van der Waals surface area contributed by atoms with E-state index in [1.165, 1.54) is 0 Å². The summed E-state index contributed by atoms with van der Waals surface area (Å²) < 4.78 is 36.5. The Bertz CT molecular complexity index is 111. The van der Waals surface area contributed by atoms with E-state index in [1.807, 2.05) is 6.92 Å². The van der Waals surface area contributed by atoms with Gasteiger partial charge in [0.15, 0.2) is 0 Å². The van der Waals surface area contributed by atoms with Gasteiger partial charge in [-0.25, -0.2) is 0 Å². The molecule has 0 radical (unpaired) electrons. The number of hydrogen-bond donors (Lipinski definition) is 1. The zero-order chi connectivity index (χ0) is 9.61. The van der Waals surface area contributed by atoms with Crippen LogP contribution in [0.15, 0.2) is 0 Å². The summed E-state index contributed by atoms with van der Waals surface area (Å²) in [6, 6.07) is 0. The van der Waals surface area contributed by atoms with Crippen LogP contribution >= 0.6 is 0 Å². The maximum atomic E-state index is 12.2. The second-order valence-electron chi connectivity index (χ2n) is 2.96. The third-order valence-electron chi connectivity index (χ3n) is 1.88. The molecule has 0 aliphatic carbocycles. The molecule has 74 valence electrons. The molecule has 0 spiro atoms. The number of nitrogens with two attached hydrogens (primary N) is 1. The van der Waals surface area contributed by atoms with Crippen LogP contribution in [0.5, 0.6) is 0 Å². The van der Waals surface area contributed by atoms with Crippen molar-refractivity contribution in [2.45, 2.75) is 38.8 Å². The SMILES string of the molecule is CCCCC(CCN)C(F)(F)F. The number of rotatable bonds is 5. The molecule has 1 atom stereocenters. The molecule has 0 aliphatic rings. The fourth-order valence-corrected chi connectivity index (χ4v) is 1.12. The van der Waals surface area contributed by atoms with Crippen LogP contribution in [0, 0.1) is 5.92 Å². The molecule has 0 aromatic rings. The quantitative estimate of drug-likeness (QED) is 0.696. The molecular formula is C8H16F3N. The van der Waals surface area contributed by atoms with E-state index in [2.05, 4.69) is 0 Å². The molecule has 0 saturated heterocycles. The van der Waals surface area contributed by atoms with Crippen molar-refractivity contribution in [1.29, 1.82) is 0 Å². The largest absolute Gasteiger partial charge is 0.391 e. The van der Waals surface area contributed by atoms with Crippen LogP contribution < -0.4 is 5.73 Å². The van der Waals surface area contributed by atoms with Gasteiger partial charge in [-0.15, -0.1) is 0 Å². The van der Waals surface area contributed by atoms with Crippen molar-refractivity contribution >= 4 is 0 Å². The molecule has 0 saturated carbocycles. The highest BCUT2D eigenvalue weighted by Gasteiger charge is 2.37. The fourth-order valence-electron chi connectivity index (χ4n) is 1.12. The Labute approximate surface area is 71.1 Å². The molecule has 0 aromatic carbocycles. The minimum Gasteiger partial charge on any atom is -0.330 e. The van der Waals surface area contributed by atoms with Crippen molar-refractivity contribution in [3.63, 3.8) is 0 Å². The minimum atomic E-state index is -4.06. The Morgan fingerprint density at radius 3 is 2.17 bits per heavy atom. The highest BCUT2D eigenvalue weighted by Crippen LogP contribution is 2.32. The zero-order valence-corrected chi connectivity index (χ0v) is 7.32. The van der Waals surface area contributed by atoms with Crippen LogP contribution in [0.4, 0.5) is 13.2 Å². The fraction of sp³-hybridized carbons (Fsp3) is 1.00. The van der Waals surface area contributed by atoms with E-state index < -0.39 is 12.1 Å². The lowest BCUT2D eigenvalue weighted by Crippen LogP contribution is -2.25. The molecule has 4 heteroatoms. The lowest BCUT2D eigenvalue weighted by atomic mass is 9.98. The summed E-state index contributed by atoms with van der Waals surface area (Å²) in [4.78, 5) is 0. The molecule has 0 bridgehead atoms. The number of hydrogen-bond acceptors (Lipinski definition) is 1. The van der Waals surface area contributed by atoms with Gasteiger partial charge >= 0.3 is 6.18 Å². The van der Waals surface area contributed by atoms with Gasteiger partial charge in [0, 0.05) is 0 Å². The molecule has 0 heterocycles. The maximum absolute atomic E-state index is 12.2. The summed E-state index contributed by atoms with van der Waals surface area (Å²) in [5.74, 6) is -1.19. The van der Waals surface area contributed by atoms with Crippen LogP contribution in [0.3, 0.4) is 0 Å². The maximum Gasteiger partial charge on any atom is 0.391 e. The van der Waals surface area contributed by atoms with E-state index in [0.717, 1.165) is 6.42 Å². The third kappa shape index (κ3) is 4.59. The molecule has 12 heavy (non-hydrogen) atoms. The van der Waals surface area contributed by atoms with Crippen molar-refractivity contribution in [3.05, 3.63) is 0 Å². The lowest BCUT2D eigenvalue weighted by Gasteiger charge is -2.18. The summed E-state index contributed by atoms with van der Waals surface area (Å²) in [6.45, 7) is 2.00. The standard InChI is InChI=1S/C8H16F3N/c1-2-3-4-7(5-6-12)8(9,10)11/h7H,2-6,12H2,1H3. The minimum absolute atomic E-state index is 0.0590.